The van der Waals surface area contributed by atoms with Crippen LogP contribution in [-0.2, 0) is 0 Å². The standard InChI is InChI=1S/C20H25N3O/c1-3-15-10-11-23(13-15)17-7-5-16(6-8-17)20(24)22-19-12-14(2)4-9-18(19)21/h4-9,12,15H,3,10-11,13,21H2,1-2H3,(H,22,24)/t15-/m1/s1. The Hall–Kier alpha value is -2.49. The van der Waals surface area contributed by atoms with Crippen LogP contribution in [0.25, 0.3) is 0 Å². The molecule has 1 heterocycles. The lowest BCUT2D eigenvalue weighted by Gasteiger charge is -2.19. The molecule has 0 radical (unpaired) electrons. The van der Waals surface area contributed by atoms with Crippen molar-refractivity contribution < 1.29 is 4.79 Å². The number of rotatable bonds is 4. The van der Waals surface area contributed by atoms with E-state index in [9.17, 15) is 4.79 Å². The smallest absolute Gasteiger partial charge is 0.255 e. The zero-order chi connectivity index (χ0) is 17.1. The maximum Gasteiger partial charge on any atom is 0.255 e. The third-order valence-electron chi connectivity index (χ3n) is 4.81. The van der Waals surface area contributed by atoms with E-state index in [1.165, 1.54) is 18.5 Å². The first-order chi connectivity index (χ1) is 11.6. The van der Waals surface area contributed by atoms with Crippen molar-refractivity contribution in [1.29, 1.82) is 0 Å². The number of hydrogen-bond acceptors (Lipinski definition) is 3. The van der Waals surface area contributed by atoms with Gasteiger partial charge in [0.15, 0.2) is 0 Å². The van der Waals surface area contributed by atoms with Crippen molar-refractivity contribution in [2.45, 2.75) is 26.7 Å². The number of aryl methyl sites for hydroxylation is 1. The number of hydrogen-bond donors (Lipinski definition) is 2. The summed E-state index contributed by atoms with van der Waals surface area (Å²) in [7, 11) is 0. The Balaban J connectivity index is 1.69. The number of nitrogens with one attached hydrogen (secondary N) is 1. The van der Waals surface area contributed by atoms with Crippen molar-refractivity contribution in [3.63, 3.8) is 0 Å². The van der Waals surface area contributed by atoms with E-state index in [1.54, 1.807) is 0 Å². The van der Waals surface area contributed by atoms with Crippen LogP contribution in [0.15, 0.2) is 42.5 Å². The van der Waals surface area contributed by atoms with Crippen molar-refractivity contribution >= 4 is 23.0 Å². The van der Waals surface area contributed by atoms with E-state index in [-0.39, 0.29) is 5.91 Å². The molecule has 0 aliphatic carbocycles. The molecule has 0 unspecified atom stereocenters. The molecule has 24 heavy (non-hydrogen) atoms. The normalized spacial score (nSPS) is 17.1. The molecule has 3 N–H and O–H groups in total. The Labute approximate surface area is 143 Å². The Morgan fingerprint density at radius 2 is 2.00 bits per heavy atom. The molecule has 1 atom stereocenters. The second-order valence-electron chi connectivity index (χ2n) is 6.60. The third kappa shape index (κ3) is 3.53. The van der Waals surface area contributed by atoms with E-state index in [0.717, 1.165) is 24.6 Å². The number of amides is 1. The fourth-order valence-electron chi connectivity index (χ4n) is 3.20. The molecular formula is C20H25N3O. The van der Waals surface area contributed by atoms with Crippen LogP contribution < -0.4 is 16.0 Å². The predicted molar refractivity (Wildman–Crippen MR) is 101 cm³/mol. The molecule has 1 aliphatic heterocycles. The topological polar surface area (TPSA) is 58.4 Å². The molecule has 0 bridgehead atoms. The maximum atomic E-state index is 12.4. The minimum Gasteiger partial charge on any atom is -0.397 e. The summed E-state index contributed by atoms with van der Waals surface area (Å²) in [6, 6.07) is 13.5. The van der Waals surface area contributed by atoms with E-state index in [0.29, 0.717) is 16.9 Å². The highest BCUT2D eigenvalue weighted by Crippen LogP contribution is 2.26. The van der Waals surface area contributed by atoms with Crippen molar-refractivity contribution in [1.82, 2.24) is 0 Å². The van der Waals surface area contributed by atoms with Gasteiger partial charge >= 0.3 is 0 Å². The van der Waals surface area contributed by atoms with Gasteiger partial charge in [-0.1, -0.05) is 19.4 Å². The largest absolute Gasteiger partial charge is 0.397 e. The van der Waals surface area contributed by atoms with Crippen LogP contribution in [0.5, 0.6) is 0 Å². The minimum absolute atomic E-state index is 0.133. The number of nitrogens with two attached hydrogens (primary N) is 1. The number of carbonyl (C=O) groups is 1. The van der Waals surface area contributed by atoms with Gasteiger partial charge in [-0.15, -0.1) is 0 Å². The summed E-state index contributed by atoms with van der Waals surface area (Å²) in [5, 5.41) is 2.89. The van der Waals surface area contributed by atoms with Gasteiger partial charge in [-0.2, -0.15) is 0 Å². The Morgan fingerprint density at radius 1 is 1.25 bits per heavy atom. The van der Waals surface area contributed by atoms with Gasteiger partial charge in [0, 0.05) is 24.3 Å². The SMILES string of the molecule is CC[C@@H]1CCN(c2ccc(C(=O)Nc3cc(C)ccc3N)cc2)C1. The van der Waals surface area contributed by atoms with E-state index in [1.807, 2.05) is 49.4 Å². The average molecular weight is 323 g/mol. The van der Waals surface area contributed by atoms with Gasteiger partial charge in [0.05, 0.1) is 11.4 Å². The molecule has 2 aromatic carbocycles. The predicted octanol–water partition coefficient (Wildman–Crippen LogP) is 4.07. The molecular weight excluding hydrogens is 298 g/mol. The molecule has 3 rings (SSSR count). The van der Waals surface area contributed by atoms with Crippen LogP contribution in [0.4, 0.5) is 17.1 Å². The van der Waals surface area contributed by atoms with Crippen LogP contribution in [0.2, 0.25) is 0 Å². The fraction of sp³-hybridized carbons (Fsp3) is 0.350. The summed E-state index contributed by atoms with van der Waals surface area (Å²) in [6.45, 7) is 6.44. The summed E-state index contributed by atoms with van der Waals surface area (Å²) in [6.07, 6.45) is 2.49. The van der Waals surface area contributed by atoms with Crippen LogP contribution in [0, 0.1) is 12.8 Å². The second kappa shape index (κ2) is 6.95. The summed E-state index contributed by atoms with van der Waals surface area (Å²) >= 11 is 0. The fourth-order valence-corrected chi connectivity index (χ4v) is 3.20. The second-order valence-corrected chi connectivity index (χ2v) is 6.60. The zero-order valence-electron chi connectivity index (χ0n) is 14.4. The molecule has 1 aliphatic rings. The summed E-state index contributed by atoms with van der Waals surface area (Å²) < 4.78 is 0. The average Bonchev–Trinajstić information content (AvgIpc) is 3.07. The van der Waals surface area contributed by atoms with E-state index >= 15 is 0 Å². The van der Waals surface area contributed by atoms with Crippen molar-refractivity contribution in [3.05, 3.63) is 53.6 Å². The lowest BCUT2D eigenvalue weighted by molar-refractivity contribution is 0.102. The monoisotopic (exact) mass is 323 g/mol. The van der Waals surface area contributed by atoms with Gasteiger partial charge in [-0.05, 0) is 61.2 Å². The van der Waals surface area contributed by atoms with Gasteiger partial charge in [0.2, 0.25) is 0 Å². The number of anilines is 3. The lowest BCUT2D eigenvalue weighted by Crippen LogP contribution is -2.19. The molecule has 126 valence electrons. The van der Waals surface area contributed by atoms with E-state index in [2.05, 4.69) is 17.1 Å². The number of nitrogens with zero attached hydrogens (tertiary/aromatic N) is 1. The summed E-state index contributed by atoms with van der Waals surface area (Å²) in [5.74, 6) is 0.656. The van der Waals surface area contributed by atoms with Gasteiger partial charge in [0.25, 0.3) is 5.91 Å². The molecule has 2 aromatic rings. The van der Waals surface area contributed by atoms with Gasteiger partial charge in [-0.25, -0.2) is 0 Å². The molecule has 1 saturated heterocycles. The highest BCUT2D eigenvalue weighted by Gasteiger charge is 2.21. The Bertz CT molecular complexity index is 724. The minimum atomic E-state index is -0.133. The zero-order valence-corrected chi connectivity index (χ0v) is 14.4. The molecule has 0 aromatic heterocycles. The molecule has 4 heteroatoms. The van der Waals surface area contributed by atoms with Gasteiger partial charge in [0.1, 0.15) is 0 Å². The number of benzene rings is 2. The van der Waals surface area contributed by atoms with Crippen LogP contribution in [0.3, 0.4) is 0 Å². The Kier molecular flexibility index (Phi) is 4.74. The number of nitrogen functional groups attached to an aromatic ring is 1. The Morgan fingerprint density at radius 3 is 2.67 bits per heavy atom. The first-order valence-corrected chi connectivity index (χ1v) is 8.59. The first-order valence-electron chi connectivity index (χ1n) is 8.59. The first kappa shape index (κ1) is 16.4. The third-order valence-corrected chi connectivity index (χ3v) is 4.81. The molecule has 0 saturated carbocycles. The molecule has 1 amide bonds. The lowest BCUT2D eigenvalue weighted by atomic mass is 10.1. The number of carbonyl (C=O) groups excluding carboxylic acids is 1. The van der Waals surface area contributed by atoms with Crippen molar-refractivity contribution in [2.24, 2.45) is 5.92 Å². The molecule has 4 nitrogen and oxygen atoms in total. The van der Waals surface area contributed by atoms with Crippen molar-refractivity contribution in [2.75, 3.05) is 29.0 Å². The van der Waals surface area contributed by atoms with Gasteiger partial charge in [-0.3, -0.25) is 4.79 Å². The highest BCUT2D eigenvalue weighted by molar-refractivity contribution is 6.05. The summed E-state index contributed by atoms with van der Waals surface area (Å²) in [5.41, 5.74) is 10.1. The maximum absolute atomic E-state index is 12.4. The summed E-state index contributed by atoms with van der Waals surface area (Å²) in [4.78, 5) is 14.8. The highest BCUT2D eigenvalue weighted by atomic mass is 16.1. The molecule has 1 fully saturated rings. The van der Waals surface area contributed by atoms with Gasteiger partial charge < -0.3 is 16.0 Å². The van der Waals surface area contributed by atoms with Crippen LogP contribution >= 0.6 is 0 Å². The van der Waals surface area contributed by atoms with Crippen LogP contribution in [0.1, 0.15) is 35.7 Å². The van der Waals surface area contributed by atoms with E-state index in [4.69, 9.17) is 5.73 Å². The van der Waals surface area contributed by atoms with Crippen molar-refractivity contribution in [3.8, 4) is 0 Å². The van der Waals surface area contributed by atoms with E-state index < -0.39 is 0 Å². The molecule has 0 spiro atoms. The quantitative estimate of drug-likeness (QED) is 0.834. The van der Waals surface area contributed by atoms with Crippen LogP contribution in [-0.4, -0.2) is 19.0 Å².